The van der Waals surface area contributed by atoms with Gasteiger partial charge in [0.25, 0.3) is 0 Å². The number of carbonyl (C=O) groups is 1. The Morgan fingerprint density at radius 1 is 1.30 bits per heavy atom. The zero-order chi connectivity index (χ0) is 14.8. The van der Waals surface area contributed by atoms with Crippen LogP contribution in [0.25, 0.3) is 0 Å². The van der Waals surface area contributed by atoms with Crippen molar-refractivity contribution in [1.82, 2.24) is 0 Å². The summed E-state index contributed by atoms with van der Waals surface area (Å²) >= 11 is 0. The van der Waals surface area contributed by atoms with Gasteiger partial charge in [0.1, 0.15) is 5.60 Å². The second-order valence-corrected chi connectivity index (χ2v) is 6.16. The molecule has 2 rings (SSSR count). The topological polar surface area (TPSA) is 63.6 Å². The van der Waals surface area contributed by atoms with Crippen LogP contribution >= 0.6 is 0 Å². The van der Waals surface area contributed by atoms with Gasteiger partial charge in [0.15, 0.2) is 5.76 Å². The summed E-state index contributed by atoms with van der Waals surface area (Å²) in [6, 6.07) is 7.28. The molecule has 5 heteroatoms. The van der Waals surface area contributed by atoms with Gasteiger partial charge < -0.3 is 9.84 Å². The minimum absolute atomic E-state index is 0.0211. The van der Waals surface area contributed by atoms with E-state index in [1.54, 1.807) is 12.1 Å². The number of rotatable bonds is 4. The van der Waals surface area contributed by atoms with E-state index in [0.29, 0.717) is 4.90 Å². The van der Waals surface area contributed by atoms with Crippen LogP contribution in [0.3, 0.4) is 0 Å². The van der Waals surface area contributed by atoms with Crippen molar-refractivity contribution in [3.05, 3.63) is 53.8 Å². The average Bonchev–Trinajstić information content (AvgIpc) is 2.42. The van der Waals surface area contributed by atoms with E-state index in [1.165, 1.54) is 25.3 Å². The number of carbonyl (C=O) groups excluding carboxylic acids is 1. The van der Waals surface area contributed by atoms with Crippen LogP contribution in [0, 0.1) is 6.92 Å². The molecule has 20 heavy (non-hydrogen) atoms. The Morgan fingerprint density at radius 2 is 1.95 bits per heavy atom. The van der Waals surface area contributed by atoms with E-state index in [1.807, 2.05) is 19.1 Å². The maximum atomic E-state index is 12.3. The van der Waals surface area contributed by atoms with Crippen molar-refractivity contribution in [3.63, 3.8) is 0 Å². The molecule has 0 aromatic heterocycles. The molecule has 0 bridgehead atoms. The van der Waals surface area contributed by atoms with Gasteiger partial charge in [0.2, 0.25) is 5.78 Å². The number of hydrogen-bond donors (Lipinski definition) is 1. The summed E-state index contributed by atoms with van der Waals surface area (Å²) < 4.78 is 17.2. The summed E-state index contributed by atoms with van der Waals surface area (Å²) in [5.41, 5.74) is -0.358. The zero-order valence-corrected chi connectivity index (χ0v) is 12.1. The summed E-state index contributed by atoms with van der Waals surface area (Å²) in [5, 5.41) is 10.4. The first kappa shape index (κ1) is 14.7. The van der Waals surface area contributed by atoms with E-state index in [0.717, 1.165) is 5.56 Å². The van der Waals surface area contributed by atoms with Crippen molar-refractivity contribution in [1.29, 1.82) is 0 Å². The van der Waals surface area contributed by atoms with E-state index < -0.39 is 16.4 Å². The molecule has 0 saturated carbocycles. The summed E-state index contributed by atoms with van der Waals surface area (Å²) in [7, 11) is -0.00808. The predicted molar refractivity (Wildman–Crippen MR) is 76.6 cm³/mol. The summed E-state index contributed by atoms with van der Waals surface area (Å²) in [5.74, 6) is -0.263. The Balaban J connectivity index is 2.18. The Labute approximate surface area is 120 Å². The van der Waals surface area contributed by atoms with Crippen molar-refractivity contribution in [2.45, 2.75) is 17.4 Å². The van der Waals surface area contributed by atoms with Crippen LogP contribution in [-0.2, 0) is 20.3 Å². The largest absolute Gasteiger partial charge is 0.493 e. The van der Waals surface area contributed by atoms with Crippen LogP contribution in [0.15, 0.2) is 53.1 Å². The van der Waals surface area contributed by atoms with Crippen LogP contribution < -0.4 is 0 Å². The third-order valence-electron chi connectivity index (χ3n) is 3.01. The van der Waals surface area contributed by atoms with Gasteiger partial charge in [-0.3, -0.25) is 9.00 Å². The van der Waals surface area contributed by atoms with Gasteiger partial charge in [-0.2, -0.15) is 0 Å². The van der Waals surface area contributed by atoms with E-state index >= 15 is 0 Å². The number of methoxy groups -OCH3 is 1. The molecule has 0 spiro atoms. The molecule has 1 N–H and O–H groups in total. The second kappa shape index (κ2) is 5.73. The molecule has 2 atom stereocenters. The first-order chi connectivity index (χ1) is 9.43. The molecule has 0 radical (unpaired) electrons. The first-order valence-electron chi connectivity index (χ1n) is 6.11. The lowest BCUT2D eigenvalue weighted by Crippen LogP contribution is -2.34. The second-order valence-electron chi connectivity index (χ2n) is 4.70. The Hall–Kier alpha value is -1.72. The third kappa shape index (κ3) is 3.23. The number of allylic oxidation sites excluding steroid dienone is 1. The fourth-order valence-electron chi connectivity index (χ4n) is 1.88. The van der Waals surface area contributed by atoms with Crippen molar-refractivity contribution in [2.75, 3.05) is 12.9 Å². The van der Waals surface area contributed by atoms with E-state index in [-0.39, 0.29) is 17.3 Å². The Morgan fingerprint density at radius 3 is 2.55 bits per heavy atom. The molecule has 1 aliphatic rings. The van der Waals surface area contributed by atoms with Gasteiger partial charge in [0.05, 0.1) is 23.7 Å². The number of benzene rings is 1. The van der Waals surface area contributed by atoms with E-state index in [2.05, 4.69) is 0 Å². The van der Waals surface area contributed by atoms with Crippen molar-refractivity contribution >= 4 is 16.6 Å². The highest BCUT2D eigenvalue weighted by atomic mass is 32.2. The minimum atomic E-state index is -1.44. The molecule has 0 saturated heterocycles. The van der Waals surface area contributed by atoms with Crippen LogP contribution in [0.1, 0.15) is 5.56 Å². The van der Waals surface area contributed by atoms with Crippen molar-refractivity contribution < 1.29 is 18.8 Å². The predicted octanol–water partition coefficient (Wildman–Crippen LogP) is 1.50. The van der Waals surface area contributed by atoms with Crippen molar-refractivity contribution in [2.24, 2.45) is 0 Å². The fraction of sp³-hybridized carbons (Fsp3) is 0.267. The molecule has 4 nitrogen and oxygen atoms in total. The Kier molecular flexibility index (Phi) is 4.20. The zero-order valence-electron chi connectivity index (χ0n) is 11.3. The highest BCUT2D eigenvalue weighted by Crippen LogP contribution is 2.22. The third-order valence-corrected chi connectivity index (χ3v) is 4.54. The molecular weight excluding hydrogens is 276 g/mol. The fourth-order valence-corrected chi connectivity index (χ4v) is 3.09. The standard InChI is InChI=1S/C15H16O4S/c1-11-3-5-12(6-4-11)20(18)10-15(17)8-7-13(16)14(9-15)19-2/h3-9,17H,10H2,1-2H3/t15-,20?/m1/s1. The lowest BCUT2D eigenvalue weighted by molar-refractivity contribution is -0.114. The van der Waals surface area contributed by atoms with Crippen molar-refractivity contribution in [3.8, 4) is 0 Å². The molecule has 0 aliphatic heterocycles. The maximum absolute atomic E-state index is 12.3. The molecule has 1 aromatic carbocycles. The molecular formula is C15H16O4S. The first-order valence-corrected chi connectivity index (χ1v) is 7.43. The molecule has 0 heterocycles. The Bertz CT molecular complexity index is 601. The molecule has 0 fully saturated rings. The number of aryl methyl sites for hydroxylation is 1. The van der Waals surface area contributed by atoms with Gasteiger partial charge in [-0.05, 0) is 37.3 Å². The molecule has 106 valence electrons. The number of ketones is 1. The summed E-state index contributed by atoms with van der Waals surface area (Å²) in [4.78, 5) is 12.1. The summed E-state index contributed by atoms with van der Waals surface area (Å²) in [6.45, 7) is 1.95. The lowest BCUT2D eigenvalue weighted by atomic mass is 9.98. The molecule has 1 unspecified atom stereocenters. The highest BCUT2D eigenvalue weighted by molar-refractivity contribution is 7.85. The minimum Gasteiger partial charge on any atom is -0.493 e. The highest BCUT2D eigenvalue weighted by Gasteiger charge is 2.30. The molecule has 0 amide bonds. The number of ether oxygens (including phenoxy) is 1. The van der Waals surface area contributed by atoms with Gasteiger partial charge in [-0.15, -0.1) is 0 Å². The summed E-state index contributed by atoms with van der Waals surface area (Å²) in [6.07, 6.45) is 3.90. The average molecular weight is 292 g/mol. The lowest BCUT2D eigenvalue weighted by Gasteiger charge is -2.23. The van der Waals surface area contributed by atoms with Gasteiger partial charge >= 0.3 is 0 Å². The molecule has 1 aromatic rings. The van der Waals surface area contributed by atoms with Gasteiger partial charge in [-0.25, -0.2) is 0 Å². The number of hydrogen-bond acceptors (Lipinski definition) is 4. The molecule has 1 aliphatic carbocycles. The maximum Gasteiger partial charge on any atom is 0.219 e. The smallest absolute Gasteiger partial charge is 0.219 e. The van der Waals surface area contributed by atoms with Crippen LogP contribution in [0.4, 0.5) is 0 Å². The quantitative estimate of drug-likeness (QED) is 0.913. The normalized spacial score (nSPS) is 23.4. The van der Waals surface area contributed by atoms with Crippen LogP contribution in [0.5, 0.6) is 0 Å². The van der Waals surface area contributed by atoms with E-state index in [4.69, 9.17) is 4.74 Å². The van der Waals surface area contributed by atoms with Gasteiger partial charge in [0, 0.05) is 4.90 Å². The van der Waals surface area contributed by atoms with Crippen LogP contribution in [-0.4, -0.2) is 33.6 Å². The SMILES string of the molecule is COC1=C[C@@](O)(CS(=O)c2ccc(C)cc2)C=CC1=O. The van der Waals surface area contributed by atoms with Crippen LogP contribution in [0.2, 0.25) is 0 Å². The monoisotopic (exact) mass is 292 g/mol. The van der Waals surface area contributed by atoms with E-state index in [9.17, 15) is 14.1 Å². The van der Waals surface area contributed by atoms with Gasteiger partial charge in [-0.1, -0.05) is 17.7 Å². The number of aliphatic hydroxyl groups is 1.